The van der Waals surface area contributed by atoms with Crippen LogP contribution in [0.3, 0.4) is 0 Å². The highest BCUT2D eigenvalue weighted by molar-refractivity contribution is 7.91. The van der Waals surface area contributed by atoms with E-state index in [0.29, 0.717) is 5.56 Å². The molecule has 0 aliphatic rings. The van der Waals surface area contributed by atoms with E-state index >= 15 is 0 Å². The van der Waals surface area contributed by atoms with Crippen LogP contribution >= 0.6 is 0 Å². The number of nitrogens with two attached hydrogens (primary N) is 1. The third-order valence-electron chi connectivity index (χ3n) is 2.88. The molecule has 0 heterocycles. The molecule has 2 rings (SSSR count). The zero-order chi connectivity index (χ0) is 14.0. The minimum atomic E-state index is -3.67. The van der Waals surface area contributed by atoms with Gasteiger partial charge in [-0.3, -0.25) is 0 Å². The van der Waals surface area contributed by atoms with Crippen LogP contribution in [-0.2, 0) is 9.84 Å². The smallest absolute Gasteiger partial charge is 0.198 e. The fourth-order valence-electron chi connectivity index (χ4n) is 1.71. The summed E-state index contributed by atoms with van der Waals surface area (Å²) >= 11 is 0. The van der Waals surface area contributed by atoms with E-state index in [4.69, 9.17) is 5.73 Å². The van der Waals surface area contributed by atoms with Gasteiger partial charge in [-0.05, 0) is 36.8 Å². The lowest BCUT2D eigenvalue weighted by atomic mass is 10.2. The molecule has 0 saturated carbocycles. The zero-order valence-corrected chi connectivity index (χ0v) is 11.2. The highest BCUT2D eigenvalue weighted by atomic mass is 32.2. The SMILES string of the molecule is Cc1ccc(S(=O)(=O)C(N)c2ccc(F)cc2)cc1. The van der Waals surface area contributed by atoms with Crippen LogP contribution in [-0.4, -0.2) is 8.42 Å². The number of halogens is 1. The van der Waals surface area contributed by atoms with Crippen molar-refractivity contribution in [2.24, 2.45) is 5.73 Å². The predicted octanol–water partition coefficient (Wildman–Crippen LogP) is 2.57. The number of aryl methyl sites for hydroxylation is 1. The van der Waals surface area contributed by atoms with Crippen molar-refractivity contribution < 1.29 is 12.8 Å². The molecule has 5 heteroatoms. The summed E-state index contributed by atoms with van der Waals surface area (Å²) in [6.45, 7) is 1.87. The second-order valence-corrected chi connectivity index (χ2v) is 6.40. The molecule has 0 saturated heterocycles. The number of hydrogen-bond acceptors (Lipinski definition) is 3. The molecule has 19 heavy (non-hydrogen) atoms. The van der Waals surface area contributed by atoms with Crippen molar-refractivity contribution in [1.82, 2.24) is 0 Å². The molecule has 0 amide bonds. The second kappa shape index (κ2) is 5.11. The molecule has 1 unspecified atom stereocenters. The third-order valence-corrected chi connectivity index (χ3v) is 4.75. The molecule has 2 N–H and O–H groups in total. The Morgan fingerprint density at radius 2 is 1.53 bits per heavy atom. The lowest BCUT2D eigenvalue weighted by Crippen LogP contribution is -2.22. The van der Waals surface area contributed by atoms with E-state index in [1.54, 1.807) is 12.1 Å². The first kappa shape index (κ1) is 13.7. The number of hydrogen-bond donors (Lipinski definition) is 1. The van der Waals surface area contributed by atoms with Gasteiger partial charge in [-0.1, -0.05) is 29.8 Å². The van der Waals surface area contributed by atoms with Gasteiger partial charge >= 0.3 is 0 Å². The fourth-order valence-corrected chi connectivity index (χ4v) is 3.03. The minimum absolute atomic E-state index is 0.162. The summed E-state index contributed by atoms with van der Waals surface area (Å²) in [6, 6.07) is 11.6. The molecular formula is C14H14FNO2S. The Bertz CT molecular complexity index is 664. The van der Waals surface area contributed by atoms with Gasteiger partial charge in [0.1, 0.15) is 11.2 Å². The van der Waals surface area contributed by atoms with Gasteiger partial charge in [-0.2, -0.15) is 0 Å². The first-order valence-electron chi connectivity index (χ1n) is 5.73. The van der Waals surface area contributed by atoms with E-state index in [9.17, 15) is 12.8 Å². The molecule has 1 atom stereocenters. The maximum Gasteiger partial charge on any atom is 0.198 e. The summed E-state index contributed by atoms with van der Waals surface area (Å²) < 4.78 is 37.4. The Morgan fingerprint density at radius 1 is 1.00 bits per heavy atom. The van der Waals surface area contributed by atoms with Crippen LogP contribution in [0.2, 0.25) is 0 Å². The largest absolute Gasteiger partial charge is 0.311 e. The molecule has 0 bridgehead atoms. The third kappa shape index (κ3) is 2.83. The molecule has 0 aliphatic carbocycles. The first-order chi connectivity index (χ1) is 8.91. The van der Waals surface area contributed by atoms with E-state index in [2.05, 4.69) is 0 Å². The second-order valence-electron chi connectivity index (χ2n) is 4.33. The highest BCUT2D eigenvalue weighted by Gasteiger charge is 2.25. The van der Waals surface area contributed by atoms with Crippen LogP contribution in [0, 0.1) is 12.7 Å². The summed E-state index contributed by atoms with van der Waals surface area (Å²) in [6.07, 6.45) is 0. The molecule has 0 aliphatic heterocycles. The van der Waals surface area contributed by atoms with Crippen molar-refractivity contribution in [2.45, 2.75) is 17.2 Å². The van der Waals surface area contributed by atoms with Gasteiger partial charge in [0, 0.05) is 0 Å². The van der Waals surface area contributed by atoms with Crippen LogP contribution in [0.15, 0.2) is 53.4 Å². The topological polar surface area (TPSA) is 60.2 Å². The zero-order valence-electron chi connectivity index (χ0n) is 10.4. The standard InChI is InChI=1S/C14H14FNO2S/c1-10-2-8-13(9-3-10)19(17,18)14(16)11-4-6-12(15)7-5-11/h2-9,14H,16H2,1H3. The van der Waals surface area contributed by atoms with Gasteiger partial charge in [0.15, 0.2) is 9.84 Å². The molecule has 0 fully saturated rings. The molecule has 0 aromatic heterocycles. The first-order valence-corrected chi connectivity index (χ1v) is 7.27. The molecule has 100 valence electrons. The van der Waals surface area contributed by atoms with Crippen LogP contribution < -0.4 is 5.73 Å². The fraction of sp³-hybridized carbons (Fsp3) is 0.143. The van der Waals surface area contributed by atoms with Crippen molar-refractivity contribution in [3.05, 3.63) is 65.5 Å². The van der Waals surface area contributed by atoms with Gasteiger partial charge in [0.25, 0.3) is 0 Å². The monoisotopic (exact) mass is 279 g/mol. The van der Waals surface area contributed by atoms with E-state index in [-0.39, 0.29) is 4.90 Å². The van der Waals surface area contributed by atoms with Crippen molar-refractivity contribution in [2.75, 3.05) is 0 Å². The molecule has 3 nitrogen and oxygen atoms in total. The van der Waals surface area contributed by atoms with Crippen molar-refractivity contribution >= 4 is 9.84 Å². The predicted molar refractivity (Wildman–Crippen MR) is 71.7 cm³/mol. The molecular weight excluding hydrogens is 265 g/mol. The van der Waals surface area contributed by atoms with Gasteiger partial charge in [0.05, 0.1) is 4.90 Å². The maximum atomic E-state index is 12.8. The van der Waals surface area contributed by atoms with Crippen LogP contribution in [0.1, 0.15) is 16.5 Å². The van der Waals surface area contributed by atoms with E-state index in [1.807, 2.05) is 6.92 Å². The van der Waals surface area contributed by atoms with Crippen molar-refractivity contribution in [3.63, 3.8) is 0 Å². The summed E-state index contributed by atoms with van der Waals surface area (Å²) in [5.41, 5.74) is 7.11. The van der Waals surface area contributed by atoms with E-state index < -0.39 is 21.0 Å². The average molecular weight is 279 g/mol. The minimum Gasteiger partial charge on any atom is -0.311 e. The Morgan fingerprint density at radius 3 is 2.05 bits per heavy atom. The maximum absolute atomic E-state index is 12.8. The van der Waals surface area contributed by atoms with Gasteiger partial charge in [-0.25, -0.2) is 12.8 Å². The number of sulfone groups is 1. The normalized spacial score (nSPS) is 13.2. The lowest BCUT2D eigenvalue weighted by molar-refractivity contribution is 0.583. The van der Waals surface area contributed by atoms with Crippen LogP contribution in [0.4, 0.5) is 4.39 Å². The quantitative estimate of drug-likeness (QED) is 0.939. The van der Waals surface area contributed by atoms with Gasteiger partial charge in [0.2, 0.25) is 0 Å². The molecule has 0 spiro atoms. The summed E-state index contributed by atoms with van der Waals surface area (Å²) in [5, 5.41) is -1.20. The molecule has 2 aromatic rings. The summed E-state index contributed by atoms with van der Waals surface area (Å²) in [4.78, 5) is 0.162. The Balaban J connectivity index is 2.39. The highest BCUT2D eigenvalue weighted by Crippen LogP contribution is 2.24. The lowest BCUT2D eigenvalue weighted by Gasteiger charge is -2.13. The van der Waals surface area contributed by atoms with Gasteiger partial charge in [-0.15, -0.1) is 0 Å². The Hall–Kier alpha value is -1.72. The van der Waals surface area contributed by atoms with E-state index in [0.717, 1.165) is 5.56 Å². The average Bonchev–Trinajstić information content (AvgIpc) is 2.39. The number of benzene rings is 2. The van der Waals surface area contributed by atoms with Crippen molar-refractivity contribution in [1.29, 1.82) is 0 Å². The number of rotatable bonds is 3. The van der Waals surface area contributed by atoms with Gasteiger partial charge < -0.3 is 5.73 Å². The van der Waals surface area contributed by atoms with Crippen molar-refractivity contribution in [3.8, 4) is 0 Å². The van der Waals surface area contributed by atoms with E-state index in [1.165, 1.54) is 36.4 Å². The molecule has 2 aromatic carbocycles. The van der Waals surface area contributed by atoms with Crippen LogP contribution in [0.25, 0.3) is 0 Å². The Labute approximate surface area is 111 Å². The molecule has 0 radical (unpaired) electrons. The Kier molecular flexibility index (Phi) is 3.68. The van der Waals surface area contributed by atoms with Crippen LogP contribution in [0.5, 0.6) is 0 Å². The summed E-state index contributed by atoms with van der Waals surface area (Å²) in [5.74, 6) is -0.427. The summed E-state index contributed by atoms with van der Waals surface area (Å²) in [7, 11) is -3.67.